The van der Waals surface area contributed by atoms with Gasteiger partial charge in [-0.25, -0.2) is 4.79 Å². The van der Waals surface area contributed by atoms with Gasteiger partial charge in [0.2, 0.25) is 5.91 Å². The Morgan fingerprint density at radius 1 is 1.33 bits per heavy atom. The second kappa shape index (κ2) is 7.01. The summed E-state index contributed by atoms with van der Waals surface area (Å²) in [5, 5.41) is 11.6. The number of ether oxygens (including phenoxy) is 1. The molecule has 0 fully saturated rings. The molecule has 1 atom stereocenters. The van der Waals surface area contributed by atoms with Gasteiger partial charge in [0.05, 0.1) is 0 Å². The lowest BCUT2D eigenvalue weighted by Crippen LogP contribution is -2.51. The van der Waals surface area contributed by atoms with Gasteiger partial charge in [0.25, 0.3) is 0 Å². The molecule has 1 aromatic carbocycles. The van der Waals surface area contributed by atoms with Crippen molar-refractivity contribution in [1.29, 1.82) is 0 Å². The molecule has 2 N–H and O–H groups in total. The van der Waals surface area contributed by atoms with Gasteiger partial charge in [-0.1, -0.05) is 12.1 Å². The highest BCUT2D eigenvalue weighted by Crippen LogP contribution is 2.19. The number of carbonyl (C=O) groups is 2. The number of halogens is 2. The van der Waals surface area contributed by atoms with Crippen molar-refractivity contribution in [2.45, 2.75) is 38.8 Å². The summed E-state index contributed by atoms with van der Waals surface area (Å²) in [4.78, 5) is 22.3. The molecule has 0 aliphatic rings. The number of nitrogens with one attached hydrogen (secondary N) is 1. The van der Waals surface area contributed by atoms with Crippen LogP contribution < -0.4 is 10.1 Å². The topological polar surface area (TPSA) is 75.6 Å². The van der Waals surface area contributed by atoms with Crippen LogP contribution in [0.25, 0.3) is 0 Å². The van der Waals surface area contributed by atoms with E-state index in [1.54, 1.807) is 12.1 Å². The fourth-order valence-corrected chi connectivity index (χ4v) is 1.84. The molecule has 0 spiro atoms. The third-order valence-electron chi connectivity index (χ3n) is 2.99. The number of carboxylic acids is 1. The minimum absolute atomic E-state index is 0.0385. The van der Waals surface area contributed by atoms with E-state index in [9.17, 15) is 23.5 Å². The zero-order valence-corrected chi connectivity index (χ0v) is 11.7. The molecule has 1 amide bonds. The summed E-state index contributed by atoms with van der Waals surface area (Å²) in [6.07, 6.45) is 0.551. The first-order chi connectivity index (χ1) is 9.73. The third kappa shape index (κ3) is 5.37. The van der Waals surface area contributed by atoms with Gasteiger partial charge >= 0.3 is 12.6 Å². The van der Waals surface area contributed by atoms with E-state index in [1.165, 1.54) is 26.0 Å². The summed E-state index contributed by atoms with van der Waals surface area (Å²) in [5.74, 6) is -1.52. The van der Waals surface area contributed by atoms with Crippen LogP contribution in [0, 0.1) is 0 Å². The van der Waals surface area contributed by atoms with Gasteiger partial charge in [0.1, 0.15) is 11.3 Å². The van der Waals surface area contributed by atoms with Gasteiger partial charge in [-0.3, -0.25) is 4.79 Å². The van der Waals surface area contributed by atoms with Crippen molar-refractivity contribution in [2.75, 3.05) is 0 Å². The van der Waals surface area contributed by atoms with Crippen molar-refractivity contribution in [2.24, 2.45) is 0 Å². The largest absolute Gasteiger partial charge is 0.480 e. The molecule has 21 heavy (non-hydrogen) atoms. The van der Waals surface area contributed by atoms with E-state index in [-0.39, 0.29) is 12.2 Å². The van der Waals surface area contributed by atoms with E-state index in [2.05, 4.69) is 10.1 Å². The Morgan fingerprint density at radius 2 is 1.90 bits per heavy atom. The van der Waals surface area contributed by atoms with Crippen LogP contribution in [0.5, 0.6) is 5.75 Å². The third-order valence-corrected chi connectivity index (χ3v) is 2.99. The Kier molecular flexibility index (Phi) is 5.63. The first-order valence-electron chi connectivity index (χ1n) is 6.29. The molecule has 1 unspecified atom stereocenters. The average Bonchev–Trinajstić information content (AvgIpc) is 2.36. The Morgan fingerprint density at radius 3 is 2.33 bits per heavy atom. The minimum atomic E-state index is -2.88. The number of hydrogen-bond acceptors (Lipinski definition) is 3. The number of amides is 1. The number of rotatable bonds is 7. The maximum atomic E-state index is 12.0. The highest BCUT2D eigenvalue weighted by atomic mass is 19.3. The van der Waals surface area contributed by atoms with E-state index in [0.717, 1.165) is 5.56 Å². The standard InChI is InChI=1S/C14H17F2NO4/c1-9(18)17-14(2,12(19)20)8-7-10-3-5-11(6-4-10)21-13(15)16/h3-6,13H,7-8H2,1-2H3,(H,17,18)(H,19,20). The predicted molar refractivity (Wildman–Crippen MR) is 71.3 cm³/mol. The second-order valence-corrected chi connectivity index (χ2v) is 4.84. The zero-order valence-electron chi connectivity index (χ0n) is 11.7. The fourth-order valence-electron chi connectivity index (χ4n) is 1.84. The molecule has 0 aliphatic heterocycles. The van der Waals surface area contributed by atoms with Crippen LogP contribution >= 0.6 is 0 Å². The first kappa shape index (κ1) is 16.9. The van der Waals surface area contributed by atoms with E-state index >= 15 is 0 Å². The molecular formula is C14H17F2NO4. The van der Waals surface area contributed by atoms with E-state index < -0.39 is 24.0 Å². The quantitative estimate of drug-likeness (QED) is 0.809. The Bertz CT molecular complexity index is 504. The monoisotopic (exact) mass is 301 g/mol. The van der Waals surface area contributed by atoms with Gasteiger partial charge in [0.15, 0.2) is 0 Å². The van der Waals surface area contributed by atoms with Crippen LogP contribution in [0.3, 0.4) is 0 Å². The highest BCUT2D eigenvalue weighted by molar-refractivity contribution is 5.85. The molecule has 1 rings (SSSR count). The summed E-state index contributed by atoms with van der Waals surface area (Å²) in [6.45, 7) is -0.214. The highest BCUT2D eigenvalue weighted by Gasteiger charge is 2.33. The zero-order chi connectivity index (χ0) is 16.0. The molecule has 5 nitrogen and oxygen atoms in total. The molecular weight excluding hydrogens is 284 g/mol. The fraction of sp³-hybridized carbons (Fsp3) is 0.429. The lowest BCUT2D eigenvalue weighted by Gasteiger charge is -2.25. The summed E-state index contributed by atoms with van der Waals surface area (Å²) in [6, 6.07) is 5.93. The van der Waals surface area contributed by atoms with Crippen LogP contribution in [-0.2, 0) is 16.0 Å². The van der Waals surface area contributed by atoms with Crippen molar-refractivity contribution in [3.8, 4) is 5.75 Å². The predicted octanol–water partition coefficient (Wildman–Crippen LogP) is 2.20. The van der Waals surface area contributed by atoms with Crippen molar-refractivity contribution in [1.82, 2.24) is 5.32 Å². The minimum Gasteiger partial charge on any atom is -0.480 e. The van der Waals surface area contributed by atoms with Gasteiger partial charge in [-0.05, 0) is 37.5 Å². The van der Waals surface area contributed by atoms with E-state index in [1.807, 2.05) is 0 Å². The van der Waals surface area contributed by atoms with Crippen LogP contribution in [0.1, 0.15) is 25.8 Å². The molecule has 7 heteroatoms. The summed E-state index contributed by atoms with van der Waals surface area (Å²) in [5.41, 5.74) is -0.612. The maximum Gasteiger partial charge on any atom is 0.387 e. The molecule has 0 saturated carbocycles. The van der Waals surface area contributed by atoms with Gasteiger partial charge < -0.3 is 15.2 Å². The normalized spacial score (nSPS) is 13.6. The van der Waals surface area contributed by atoms with E-state index in [0.29, 0.717) is 6.42 Å². The number of aliphatic carboxylic acids is 1. The van der Waals surface area contributed by atoms with Gasteiger partial charge in [-0.2, -0.15) is 8.78 Å². The van der Waals surface area contributed by atoms with Crippen LogP contribution in [-0.4, -0.2) is 29.1 Å². The summed E-state index contributed by atoms with van der Waals surface area (Å²) >= 11 is 0. The lowest BCUT2D eigenvalue weighted by atomic mass is 9.93. The SMILES string of the molecule is CC(=O)NC(C)(CCc1ccc(OC(F)F)cc1)C(=O)O. The average molecular weight is 301 g/mol. The number of carbonyl (C=O) groups excluding carboxylic acids is 1. The summed E-state index contributed by atoms with van der Waals surface area (Å²) in [7, 11) is 0. The number of aryl methyl sites for hydroxylation is 1. The molecule has 0 radical (unpaired) electrons. The smallest absolute Gasteiger partial charge is 0.387 e. The van der Waals surface area contributed by atoms with Gasteiger partial charge in [-0.15, -0.1) is 0 Å². The Labute approximate surface area is 120 Å². The molecule has 1 aromatic rings. The van der Waals surface area contributed by atoms with E-state index in [4.69, 9.17) is 0 Å². The van der Waals surface area contributed by atoms with Crippen molar-refractivity contribution in [3.63, 3.8) is 0 Å². The Balaban J connectivity index is 2.68. The number of hydrogen-bond donors (Lipinski definition) is 2. The number of benzene rings is 1. The first-order valence-corrected chi connectivity index (χ1v) is 6.29. The Hall–Kier alpha value is -2.18. The van der Waals surface area contributed by atoms with Crippen molar-refractivity contribution >= 4 is 11.9 Å². The molecule has 116 valence electrons. The van der Waals surface area contributed by atoms with Crippen molar-refractivity contribution in [3.05, 3.63) is 29.8 Å². The molecule has 0 aliphatic carbocycles. The van der Waals surface area contributed by atoms with Crippen LogP contribution in [0.2, 0.25) is 0 Å². The van der Waals surface area contributed by atoms with Crippen molar-refractivity contribution < 1.29 is 28.2 Å². The summed E-state index contributed by atoms with van der Waals surface area (Å²) < 4.78 is 28.2. The van der Waals surface area contributed by atoms with Crippen LogP contribution in [0.15, 0.2) is 24.3 Å². The second-order valence-electron chi connectivity index (χ2n) is 4.84. The van der Waals surface area contributed by atoms with Gasteiger partial charge in [0, 0.05) is 6.92 Å². The molecule has 0 saturated heterocycles. The number of carboxylic acid groups (broad SMARTS) is 1. The molecule has 0 bridgehead atoms. The number of alkyl halides is 2. The lowest BCUT2D eigenvalue weighted by molar-refractivity contribution is -0.146. The molecule has 0 heterocycles. The maximum absolute atomic E-state index is 12.0. The molecule has 0 aromatic heterocycles. The van der Waals surface area contributed by atoms with Crippen LogP contribution in [0.4, 0.5) is 8.78 Å².